The molecule has 2 aliphatic rings. The molecule has 0 unspecified atom stereocenters. The minimum Gasteiger partial charge on any atom is -0.314 e. The molecular weight excluding hydrogens is 520 g/mol. The summed E-state index contributed by atoms with van der Waals surface area (Å²) < 4.78 is 56.2. The number of rotatable bonds is 4. The maximum atomic E-state index is 14.3. The normalized spacial score (nSPS) is 22.2. The highest BCUT2D eigenvalue weighted by atomic mass is 35.5. The van der Waals surface area contributed by atoms with E-state index in [2.05, 4.69) is 10.4 Å². The van der Waals surface area contributed by atoms with E-state index in [-0.39, 0.29) is 28.6 Å². The van der Waals surface area contributed by atoms with Crippen LogP contribution in [0.5, 0.6) is 0 Å². The number of hydrogen-bond donors (Lipinski definition) is 1. The highest BCUT2D eigenvalue weighted by molar-refractivity contribution is 8.18. The number of piperidine rings is 1. The van der Waals surface area contributed by atoms with Crippen molar-refractivity contribution in [3.8, 4) is 0 Å². The van der Waals surface area contributed by atoms with E-state index in [1.165, 1.54) is 23.0 Å². The van der Waals surface area contributed by atoms with Crippen LogP contribution in [0.3, 0.4) is 0 Å². The van der Waals surface area contributed by atoms with Crippen molar-refractivity contribution in [1.29, 1.82) is 0 Å². The van der Waals surface area contributed by atoms with Crippen LogP contribution in [0.4, 0.5) is 22.4 Å². The van der Waals surface area contributed by atoms with Gasteiger partial charge in [0.25, 0.3) is 11.1 Å². The minimum absolute atomic E-state index is 0.00681. The quantitative estimate of drug-likeness (QED) is 0.351. The smallest absolute Gasteiger partial charge is 0.314 e. The molecule has 0 bridgehead atoms. The summed E-state index contributed by atoms with van der Waals surface area (Å²) in [5, 5.41) is 7.27. The molecule has 3 aromatic rings. The summed E-state index contributed by atoms with van der Waals surface area (Å²) in [4.78, 5) is 26.6. The molecule has 1 N–H and O–H groups in total. The number of carbonyl (C=O) groups is 2. The van der Waals surface area contributed by atoms with Crippen LogP contribution in [-0.4, -0.2) is 51.1 Å². The van der Waals surface area contributed by atoms with Gasteiger partial charge in [0.2, 0.25) is 0 Å². The number of carbonyl (C=O) groups excluding carboxylic acids is 2. The van der Waals surface area contributed by atoms with Gasteiger partial charge in [-0.25, -0.2) is 4.39 Å². The zero-order valence-electron chi connectivity index (χ0n) is 18.6. The molecule has 5 rings (SSSR count). The Bertz CT molecular complexity index is 1390. The van der Waals surface area contributed by atoms with E-state index in [1.807, 2.05) is 0 Å². The van der Waals surface area contributed by atoms with Crippen molar-refractivity contribution < 1.29 is 27.2 Å². The van der Waals surface area contributed by atoms with E-state index in [0.717, 1.165) is 22.7 Å². The molecule has 2 aliphatic heterocycles. The van der Waals surface area contributed by atoms with Gasteiger partial charge in [0.05, 0.1) is 34.8 Å². The van der Waals surface area contributed by atoms with Gasteiger partial charge in [-0.2, -0.15) is 18.3 Å². The van der Waals surface area contributed by atoms with Crippen LogP contribution in [0.2, 0.25) is 5.02 Å². The van der Waals surface area contributed by atoms with Gasteiger partial charge < -0.3 is 5.32 Å². The molecule has 36 heavy (non-hydrogen) atoms. The lowest BCUT2D eigenvalue weighted by Gasteiger charge is -2.32. The first-order chi connectivity index (χ1) is 17.1. The second kappa shape index (κ2) is 9.53. The Balaban J connectivity index is 1.40. The van der Waals surface area contributed by atoms with Crippen LogP contribution in [-0.2, 0) is 17.5 Å². The van der Waals surface area contributed by atoms with Crippen molar-refractivity contribution >= 4 is 51.5 Å². The predicted molar refractivity (Wildman–Crippen MR) is 129 cm³/mol. The topological polar surface area (TPSA) is 67.2 Å². The zero-order chi connectivity index (χ0) is 25.6. The van der Waals surface area contributed by atoms with Crippen molar-refractivity contribution in [2.45, 2.75) is 31.4 Å². The summed E-state index contributed by atoms with van der Waals surface area (Å²) in [5.41, 5.74) is 0.407. The van der Waals surface area contributed by atoms with Gasteiger partial charge in [0, 0.05) is 17.0 Å². The van der Waals surface area contributed by atoms with Crippen LogP contribution in [0.25, 0.3) is 17.0 Å². The summed E-state index contributed by atoms with van der Waals surface area (Å²) in [5.74, 6) is -0.530. The Morgan fingerprint density at radius 2 is 2.00 bits per heavy atom. The van der Waals surface area contributed by atoms with E-state index in [1.54, 1.807) is 24.3 Å². The van der Waals surface area contributed by atoms with Crippen molar-refractivity contribution in [3.63, 3.8) is 0 Å². The average Bonchev–Trinajstić information content (AvgIpc) is 3.34. The third-order valence-electron chi connectivity index (χ3n) is 6.19. The van der Waals surface area contributed by atoms with E-state index < -0.39 is 35.1 Å². The lowest BCUT2D eigenvalue weighted by molar-refractivity contribution is -0.138. The molecule has 1 aromatic heterocycles. The highest BCUT2D eigenvalue weighted by Gasteiger charge is 2.43. The van der Waals surface area contributed by atoms with Crippen molar-refractivity contribution in [3.05, 3.63) is 69.2 Å². The molecule has 0 spiro atoms. The fraction of sp³-hybridized carbons (Fsp3) is 0.292. The number of imide groups is 1. The molecule has 2 fully saturated rings. The summed E-state index contributed by atoms with van der Waals surface area (Å²) in [6.45, 7) is 0.494. The SMILES string of the molecule is O=C1SC(=Cc2ccc3c(cnn3Cc3ccc(Cl)cc3C(F)(F)F)c2)C(=O)N1[C@@H]1CCNC[C@@H]1F. The number of nitrogens with one attached hydrogen (secondary N) is 1. The van der Waals surface area contributed by atoms with Gasteiger partial charge in [0.1, 0.15) is 6.17 Å². The zero-order valence-corrected chi connectivity index (χ0v) is 20.1. The lowest BCUT2D eigenvalue weighted by Crippen LogP contribution is -2.52. The first kappa shape index (κ1) is 24.8. The van der Waals surface area contributed by atoms with Gasteiger partial charge in [-0.1, -0.05) is 23.7 Å². The molecular formula is C24H19ClF4N4O2S. The second-order valence-electron chi connectivity index (χ2n) is 8.55. The van der Waals surface area contributed by atoms with Crippen molar-refractivity contribution in [2.75, 3.05) is 13.1 Å². The van der Waals surface area contributed by atoms with Gasteiger partial charge >= 0.3 is 6.18 Å². The molecule has 2 amide bonds. The Hall–Kier alpha value is -2.89. The van der Waals surface area contributed by atoms with Crippen molar-refractivity contribution in [2.24, 2.45) is 0 Å². The Kier molecular flexibility index (Phi) is 6.56. The minimum atomic E-state index is -4.56. The predicted octanol–water partition coefficient (Wildman–Crippen LogP) is 5.49. The van der Waals surface area contributed by atoms with Crippen molar-refractivity contribution in [1.82, 2.24) is 20.0 Å². The number of thioether (sulfide) groups is 1. The van der Waals surface area contributed by atoms with Crippen LogP contribution < -0.4 is 5.32 Å². The van der Waals surface area contributed by atoms with E-state index in [4.69, 9.17) is 11.6 Å². The number of halogens is 5. The van der Waals surface area contributed by atoms with Crippen LogP contribution in [0.15, 0.2) is 47.5 Å². The Morgan fingerprint density at radius 3 is 2.75 bits per heavy atom. The molecule has 0 saturated carbocycles. The van der Waals surface area contributed by atoms with Gasteiger partial charge in [-0.3, -0.25) is 19.2 Å². The number of amides is 2. The highest BCUT2D eigenvalue weighted by Crippen LogP contribution is 2.37. The molecule has 0 aliphatic carbocycles. The lowest BCUT2D eigenvalue weighted by atomic mass is 10.0. The molecule has 2 atom stereocenters. The van der Waals surface area contributed by atoms with E-state index in [9.17, 15) is 27.2 Å². The molecule has 0 radical (unpaired) electrons. The number of nitrogens with zero attached hydrogens (tertiary/aromatic N) is 3. The number of fused-ring (bicyclic) bond motifs is 1. The first-order valence-corrected chi connectivity index (χ1v) is 12.2. The van der Waals surface area contributed by atoms with Crippen LogP contribution in [0, 0.1) is 0 Å². The summed E-state index contributed by atoms with van der Waals surface area (Å²) in [6.07, 6.45) is -2.47. The molecule has 3 heterocycles. The molecule has 188 valence electrons. The van der Waals surface area contributed by atoms with E-state index in [0.29, 0.717) is 29.4 Å². The van der Waals surface area contributed by atoms with Crippen LogP contribution >= 0.6 is 23.4 Å². The summed E-state index contributed by atoms with van der Waals surface area (Å²) in [6, 6.07) is 7.92. The maximum Gasteiger partial charge on any atom is 0.416 e. The Labute approximate surface area is 212 Å². The monoisotopic (exact) mass is 538 g/mol. The number of alkyl halides is 4. The fourth-order valence-corrected chi connectivity index (χ4v) is 5.51. The average molecular weight is 539 g/mol. The van der Waals surface area contributed by atoms with Gasteiger partial charge in [0.15, 0.2) is 0 Å². The summed E-state index contributed by atoms with van der Waals surface area (Å²) >= 11 is 6.53. The molecule has 12 heteroatoms. The molecule has 2 saturated heterocycles. The fourth-order valence-electron chi connectivity index (χ4n) is 4.45. The van der Waals surface area contributed by atoms with Gasteiger partial charge in [-0.15, -0.1) is 0 Å². The largest absolute Gasteiger partial charge is 0.416 e. The summed E-state index contributed by atoms with van der Waals surface area (Å²) in [7, 11) is 0. The second-order valence-corrected chi connectivity index (χ2v) is 9.98. The number of aromatic nitrogens is 2. The third kappa shape index (κ3) is 4.74. The standard InChI is InChI=1S/C24H19ClF4N4O2S/c25-16-3-2-14(17(9-16)24(27,28)29)12-32-19-4-1-13(7-15(19)10-31-32)8-21-22(34)33(23(35)36-21)20-5-6-30-11-18(20)26/h1-4,7-10,18,20,30H,5-6,11-12H2/t18-,20+/m0/s1. The third-order valence-corrected chi connectivity index (χ3v) is 7.31. The Morgan fingerprint density at radius 1 is 1.19 bits per heavy atom. The molecule has 2 aromatic carbocycles. The number of benzene rings is 2. The van der Waals surface area contributed by atoms with E-state index >= 15 is 0 Å². The molecule has 6 nitrogen and oxygen atoms in total. The maximum absolute atomic E-state index is 14.3. The first-order valence-electron chi connectivity index (χ1n) is 11.0. The van der Waals surface area contributed by atoms with Crippen LogP contribution in [0.1, 0.15) is 23.1 Å². The number of hydrogen-bond acceptors (Lipinski definition) is 5. The van der Waals surface area contributed by atoms with Gasteiger partial charge in [-0.05, 0) is 66.2 Å².